The first-order valence-corrected chi connectivity index (χ1v) is 6.60. The molecule has 112 valence electrons. The predicted octanol–water partition coefficient (Wildman–Crippen LogP) is 3.87. The molecule has 0 aliphatic carbocycles. The van der Waals surface area contributed by atoms with Crippen LogP contribution in [0.3, 0.4) is 0 Å². The zero-order valence-electron chi connectivity index (χ0n) is 13.3. The van der Waals surface area contributed by atoms with Crippen molar-refractivity contribution in [3.05, 3.63) is 73.5 Å². The summed E-state index contributed by atoms with van der Waals surface area (Å²) < 4.78 is 0. The van der Waals surface area contributed by atoms with E-state index in [9.17, 15) is 0 Å². The summed E-state index contributed by atoms with van der Waals surface area (Å²) in [5.74, 6) is 0. The first kappa shape index (κ1) is 19.5. The third kappa shape index (κ3) is 6.18. The van der Waals surface area contributed by atoms with Gasteiger partial charge in [-0.3, -0.25) is 0 Å². The molecule has 0 heterocycles. The molecular formula is C18H24MoN2. The predicted molar refractivity (Wildman–Crippen MR) is 90.5 cm³/mol. The van der Waals surface area contributed by atoms with Crippen molar-refractivity contribution < 1.29 is 21.1 Å². The van der Waals surface area contributed by atoms with E-state index in [0.717, 1.165) is 11.1 Å². The van der Waals surface area contributed by atoms with E-state index in [1.807, 2.05) is 64.6 Å². The average Bonchev–Trinajstić information content (AvgIpc) is 2.40. The number of rotatable bonds is 2. The Balaban J connectivity index is 0.000000364. The minimum absolute atomic E-state index is 0. The van der Waals surface area contributed by atoms with Gasteiger partial charge in [-0.2, -0.15) is 37.1 Å². The normalized spacial score (nSPS) is 8.95. The fourth-order valence-corrected chi connectivity index (χ4v) is 1.89. The average molecular weight is 364 g/mol. The second kappa shape index (κ2) is 9.41. The van der Waals surface area contributed by atoms with Crippen LogP contribution in [-0.4, -0.2) is 28.2 Å². The molecule has 0 amide bonds. The van der Waals surface area contributed by atoms with Crippen molar-refractivity contribution in [3.63, 3.8) is 0 Å². The van der Waals surface area contributed by atoms with Crippen LogP contribution in [0.4, 0.5) is 11.4 Å². The Hall–Kier alpha value is -1.53. The van der Waals surface area contributed by atoms with E-state index in [4.69, 9.17) is 0 Å². The molecule has 0 spiro atoms. The third-order valence-corrected chi connectivity index (χ3v) is 2.95. The number of para-hydroxylation sites is 2. The molecule has 0 aliphatic heterocycles. The maximum atomic E-state index is 3.90. The van der Waals surface area contributed by atoms with Crippen LogP contribution in [0, 0.1) is 13.8 Å². The van der Waals surface area contributed by atoms with E-state index in [1.54, 1.807) is 0 Å². The van der Waals surface area contributed by atoms with Gasteiger partial charge in [0.2, 0.25) is 0 Å². The molecule has 0 fully saturated rings. The Bertz CT molecular complexity index is 487. The van der Waals surface area contributed by atoms with Gasteiger partial charge in [-0.15, -0.1) is 12.1 Å². The summed E-state index contributed by atoms with van der Waals surface area (Å²) in [5.41, 5.74) is 4.52. The van der Waals surface area contributed by atoms with Crippen molar-refractivity contribution in [3.8, 4) is 0 Å². The summed E-state index contributed by atoms with van der Waals surface area (Å²) in [4.78, 5) is 4.12. The number of hydrogen-bond donors (Lipinski definition) is 0. The molecule has 0 N–H and O–H groups in total. The zero-order chi connectivity index (χ0) is 15.1. The van der Waals surface area contributed by atoms with Gasteiger partial charge < -0.3 is 9.80 Å². The summed E-state index contributed by atoms with van der Waals surface area (Å²) in [6, 6.07) is 16.2. The van der Waals surface area contributed by atoms with E-state index >= 15 is 0 Å². The topological polar surface area (TPSA) is 6.48 Å². The molecule has 2 nitrogen and oxygen atoms in total. The molecule has 2 aromatic rings. The van der Waals surface area contributed by atoms with E-state index in [-0.39, 0.29) is 21.1 Å². The number of benzene rings is 2. The van der Waals surface area contributed by atoms with Gasteiger partial charge in [0, 0.05) is 0 Å². The molecule has 0 saturated heterocycles. The molecule has 0 radical (unpaired) electrons. The van der Waals surface area contributed by atoms with Crippen molar-refractivity contribution in [2.45, 2.75) is 0 Å². The van der Waals surface area contributed by atoms with Crippen LogP contribution in [0.25, 0.3) is 0 Å². The number of nitrogens with zero attached hydrogens (tertiary/aromatic N) is 2. The van der Waals surface area contributed by atoms with Gasteiger partial charge in [0.05, 0.1) is 0 Å². The molecule has 21 heavy (non-hydrogen) atoms. The molecule has 2 aromatic carbocycles. The molecule has 0 aromatic heterocycles. The van der Waals surface area contributed by atoms with Gasteiger partial charge in [0.25, 0.3) is 0 Å². The maximum Gasteiger partial charge on any atom is 2.00 e. The Kier molecular flexibility index (Phi) is 8.73. The van der Waals surface area contributed by atoms with Crippen LogP contribution in [0.15, 0.2) is 48.5 Å². The second-order valence-electron chi connectivity index (χ2n) is 5.05. The van der Waals surface area contributed by atoms with Gasteiger partial charge >= 0.3 is 21.1 Å². The van der Waals surface area contributed by atoms with Crippen molar-refractivity contribution >= 4 is 11.4 Å². The molecule has 2 rings (SSSR count). The first-order valence-electron chi connectivity index (χ1n) is 6.60. The van der Waals surface area contributed by atoms with Gasteiger partial charge in [0.15, 0.2) is 0 Å². The van der Waals surface area contributed by atoms with E-state index in [1.165, 1.54) is 11.4 Å². The van der Waals surface area contributed by atoms with Crippen molar-refractivity contribution in [1.29, 1.82) is 0 Å². The molecule has 0 unspecified atom stereocenters. The van der Waals surface area contributed by atoms with E-state index in [0.29, 0.717) is 0 Å². The molecular weight excluding hydrogens is 340 g/mol. The van der Waals surface area contributed by atoms with Gasteiger partial charge in [0.1, 0.15) is 0 Å². The molecule has 3 heteroatoms. The van der Waals surface area contributed by atoms with E-state index in [2.05, 4.69) is 35.8 Å². The van der Waals surface area contributed by atoms with Gasteiger partial charge in [-0.25, -0.2) is 0 Å². The molecule has 0 saturated carbocycles. The Labute approximate surface area is 144 Å². The van der Waals surface area contributed by atoms with Crippen LogP contribution in [0.2, 0.25) is 0 Å². The van der Waals surface area contributed by atoms with Crippen LogP contribution in [0.1, 0.15) is 11.1 Å². The SMILES string of the molecule is [CH2-]c1ccccc1N(C)C.[CH2-]c1ccccc1N(C)C.[Mo+2]. The summed E-state index contributed by atoms with van der Waals surface area (Å²) >= 11 is 0. The smallest absolute Gasteiger partial charge is 0.428 e. The molecule has 0 aliphatic rings. The quantitative estimate of drug-likeness (QED) is 0.590. The summed E-state index contributed by atoms with van der Waals surface area (Å²) in [6.45, 7) is 7.80. The van der Waals surface area contributed by atoms with Crippen LogP contribution >= 0.6 is 0 Å². The monoisotopic (exact) mass is 366 g/mol. The first-order chi connectivity index (χ1) is 9.43. The van der Waals surface area contributed by atoms with Crippen molar-refractivity contribution in [2.24, 2.45) is 0 Å². The standard InChI is InChI=1S/2C9H12N.Mo/c2*1-8-6-4-5-7-9(8)10(2)3;/h2*4-7H,1H2,2-3H3;/q2*-1;+2. The third-order valence-electron chi connectivity index (χ3n) is 2.95. The summed E-state index contributed by atoms with van der Waals surface area (Å²) in [6.07, 6.45) is 0. The summed E-state index contributed by atoms with van der Waals surface area (Å²) in [7, 11) is 8.07. The van der Waals surface area contributed by atoms with Crippen LogP contribution in [0.5, 0.6) is 0 Å². The van der Waals surface area contributed by atoms with Gasteiger partial charge in [-0.05, 0) is 28.2 Å². The largest absolute Gasteiger partial charge is 2.00 e. The zero-order valence-corrected chi connectivity index (χ0v) is 15.3. The van der Waals surface area contributed by atoms with Gasteiger partial charge in [-0.1, -0.05) is 35.6 Å². The maximum absolute atomic E-state index is 3.90. The van der Waals surface area contributed by atoms with Crippen LogP contribution < -0.4 is 9.80 Å². The summed E-state index contributed by atoms with van der Waals surface area (Å²) in [5, 5.41) is 0. The number of hydrogen-bond acceptors (Lipinski definition) is 2. The fraction of sp³-hybridized carbons (Fsp3) is 0.222. The fourth-order valence-electron chi connectivity index (χ4n) is 1.89. The van der Waals surface area contributed by atoms with Crippen molar-refractivity contribution in [1.82, 2.24) is 0 Å². The molecule has 0 atom stereocenters. The Morgan fingerprint density at radius 3 is 1.10 bits per heavy atom. The molecule has 0 bridgehead atoms. The Morgan fingerprint density at radius 1 is 0.619 bits per heavy atom. The Morgan fingerprint density at radius 2 is 0.905 bits per heavy atom. The minimum Gasteiger partial charge on any atom is -0.428 e. The minimum atomic E-state index is 0. The van der Waals surface area contributed by atoms with Crippen molar-refractivity contribution in [2.75, 3.05) is 38.0 Å². The number of anilines is 2. The van der Waals surface area contributed by atoms with Crippen LogP contribution in [-0.2, 0) is 21.1 Å². The second-order valence-corrected chi connectivity index (χ2v) is 5.05. The van der Waals surface area contributed by atoms with E-state index < -0.39 is 0 Å².